The van der Waals surface area contributed by atoms with Gasteiger partial charge in [-0.25, -0.2) is 9.97 Å². The van der Waals surface area contributed by atoms with Crippen molar-refractivity contribution < 1.29 is 13.7 Å². The first-order chi connectivity index (χ1) is 15.5. The topological polar surface area (TPSA) is 102 Å². The molecule has 1 saturated heterocycles. The van der Waals surface area contributed by atoms with Gasteiger partial charge in [-0.05, 0) is 29.8 Å². The molecular formula is C23H23N5O3S. The van der Waals surface area contributed by atoms with Crippen LogP contribution in [0.5, 0.6) is 0 Å². The minimum atomic E-state index is -1.05. The number of fused-ring (bicyclic) bond motifs is 3. The van der Waals surface area contributed by atoms with Crippen LogP contribution in [0.1, 0.15) is 5.56 Å². The second kappa shape index (κ2) is 8.33. The molecule has 2 unspecified atom stereocenters. The number of hydrogen-bond acceptors (Lipinski definition) is 7. The fraction of sp³-hybridized carbons (Fsp3) is 0.261. The molecule has 2 atom stereocenters. The number of nitrogens with zero attached hydrogens (tertiary/aromatic N) is 4. The Morgan fingerprint density at radius 3 is 2.72 bits per heavy atom. The van der Waals surface area contributed by atoms with Crippen LogP contribution in [-0.4, -0.2) is 52.1 Å². The second-order valence-corrected chi connectivity index (χ2v) is 9.18. The van der Waals surface area contributed by atoms with E-state index in [0.717, 1.165) is 16.0 Å². The van der Waals surface area contributed by atoms with E-state index in [-0.39, 0.29) is 5.91 Å². The van der Waals surface area contributed by atoms with Gasteiger partial charge >= 0.3 is 0 Å². The van der Waals surface area contributed by atoms with Gasteiger partial charge in [0, 0.05) is 39.7 Å². The summed E-state index contributed by atoms with van der Waals surface area (Å²) in [6.07, 6.45) is 3.34. The van der Waals surface area contributed by atoms with Crippen LogP contribution in [-0.2, 0) is 26.9 Å². The molecule has 32 heavy (non-hydrogen) atoms. The molecule has 3 aromatic rings. The molecule has 3 heterocycles. The predicted molar refractivity (Wildman–Crippen MR) is 124 cm³/mol. The first-order valence-corrected chi connectivity index (χ1v) is 11.9. The highest BCUT2D eigenvalue weighted by atomic mass is 32.2. The Kier molecular flexibility index (Phi) is 5.36. The van der Waals surface area contributed by atoms with Crippen molar-refractivity contribution in [1.29, 1.82) is 0 Å². The Labute approximate surface area is 188 Å². The molecule has 0 spiro atoms. The lowest BCUT2D eigenvalue weighted by Crippen LogP contribution is -2.58. The summed E-state index contributed by atoms with van der Waals surface area (Å²) in [5, 5.41) is 0. The van der Waals surface area contributed by atoms with Crippen molar-refractivity contribution in [3.05, 3.63) is 60.3 Å². The fourth-order valence-electron chi connectivity index (χ4n) is 4.09. The average molecular weight is 450 g/mol. The molecule has 0 bridgehead atoms. The zero-order valence-corrected chi connectivity index (χ0v) is 18.4. The van der Waals surface area contributed by atoms with Gasteiger partial charge in [0.05, 0.1) is 26.0 Å². The first-order valence-electron chi connectivity index (χ1n) is 10.3. The van der Waals surface area contributed by atoms with Gasteiger partial charge in [0.1, 0.15) is 11.7 Å². The smallest absolute Gasteiger partial charge is 0.252 e. The summed E-state index contributed by atoms with van der Waals surface area (Å²) in [5.74, 6) is 1.18. The summed E-state index contributed by atoms with van der Waals surface area (Å²) in [4.78, 5) is 27.2. The maximum absolute atomic E-state index is 13.4. The van der Waals surface area contributed by atoms with Crippen LogP contribution >= 0.6 is 0 Å². The SMILES string of the molecule is CS(=O)c1ccc(CN2C(=O)C3COCCN3c3nc(-c4ccccc4N)ncc32)cc1. The van der Waals surface area contributed by atoms with Crippen LogP contribution in [0.15, 0.2) is 59.6 Å². The Morgan fingerprint density at radius 2 is 1.97 bits per heavy atom. The van der Waals surface area contributed by atoms with Crippen molar-refractivity contribution in [1.82, 2.24) is 9.97 Å². The third kappa shape index (κ3) is 3.63. The standard InChI is InChI=1S/C23H23N5O3S/c1-32(30)16-8-6-15(7-9-16)13-28-19-12-25-21(17-4-2-3-5-18(17)24)26-22(19)27-10-11-31-14-20(27)23(28)29/h2-9,12,20H,10-11,13-14,24H2,1H3. The zero-order chi connectivity index (χ0) is 22.2. The van der Waals surface area contributed by atoms with Crippen molar-refractivity contribution in [3.63, 3.8) is 0 Å². The van der Waals surface area contributed by atoms with Crippen molar-refractivity contribution in [2.24, 2.45) is 0 Å². The average Bonchev–Trinajstić information content (AvgIpc) is 2.82. The third-order valence-corrected chi connectivity index (χ3v) is 6.73. The van der Waals surface area contributed by atoms with Crippen LogP contribution in [0.25, 0.3) is 11.4 Å². The van der Waals surface area contributed by atoms with Crippen LogP contribution in [0.3, 0.4) is 0 Å². The van der Waals surface area contributed by atoms with Gasteiger partial charge in [-0.15, -0.1) is 0 Å². The number of para-hydroxylation sites is 1. The Morgan fingerprint density at radius 1 is 1.19 bits per heavy atom. The van der Waals surface area contributed by atoms with E-state index in [1.165, 1.54) is 0 Å². The summed E-state index contributed by atoms with van der Waals surface area (Å²) in [6, 6.07) is 14.5. The maximum Gasteiger partial charge on any atom is 0.252 e. The normalized spacial score (nSPS) is 18.8. The summed E-state index contributed by atoms with van der Waals surface area (Å²) in [5.41, 5.74) is 9.09. The van der Waals surface area contributed by atoms with Crippen molar-refractivity contribution in [2.45, 2.75) is 17.5 Å². The molecule has 0 aliphatic carbocycles. The van der Waals surface area contributed by atoms with Gasteiger partial charge in [-0.2, -0.15) is 0 Å². The Hall–Kier alpha value is -3.30. The lowest BCUT2D eigenvalue weighted by Gasteiger charge is -2.44. The first kappa shape index (κ1) is 20.6. The fourth-order valence-corrected chi connectivity index (χ4v) is 4.61. The number of amides is 1. The Bertz CT molecular complexity index is 1200. The molecule has 1 amide bonds. The number of rotatable bonds is 4. The third-order valence-electron chi connectivity index (χ3n) is 5.79. The van der Waals surface area contributed by atoms with E-state index in [0.29, 0.717) is 49.3 Å². The van der Waals surface area contributed by atoms with E-state index < -0.39 is 16.8 Å². The number of carbonyl (C=O) groups excluding carboxylic acids is 1. The summed E-state index contributed by atoms with van der Waals surface area (Å²) < 4.78 is 17.3. The van der Waals surface area contributed by atoms with Gasteiger partial charge in [0.15, 0.2) is 11.6 Å². The number of benzene rings is 2. The number of aromatic nitrogens is 2. The molecule has 0 radical (unpaired) electrons. The number of hydrogen-bond donors (Lipinski definition) is 1. The largest absolute Gasteiger partial charge is 0.398 e. The van der Waals surface area contributed by atoms with Crippen molar-refractivity contribution in [2.75, 3.05) is 41.5 Å². The van der Waals surface area contributed by atoms with Gasteiger partial charge in [0.2, 0.25) is 0 Å². The molecule has 1 fully saturated rings. The zero-order valence-electron chi connectivity index (χ0n) is 17.6. The predicted octanol–water partition coefficient (Wildman–Crippen LogP) is 2.22. The molecule has 164 valence electrons. The summed E-state index contributed by atoms with van der Waals surface area (Å²) in [7, 11) is -1.05. The summed E-state index contributed by atoms with van der Waals surface area (Å²) in [6.45, 7) is 1.79. The molecule has 8 nitrogen and oxygen atoms in total. The van der Waals surface area contributed by atoms with E-state index in [1.54, 1.807) is 17.4 Å². The van der Waals surface area contributed by atoms with Gasteiger partial charge < -0.3 is 20.3 Å². The second-order valence-electron chi connectivity index (χ2n) is 7.80. The number of ether oxygens (including phenoxy) is 1. The van der Waals surface area contributed by atoms with E-state index in [4.69, 9.17) is 15.5 Å². The van der Waals surface area contributed by atoms with Gasteiger partial charge in [-0.3, -0.25) is 9.00 Å². The molecule has 1 aromatic heterocycles. The monoisotopic (exact) mass is 449 g/mol. The molecule has 2 N–H and O–H groups in total. The molecule has 5 rings (SSSR count). The van der Waals surface area contributed by atoms with Gasteiger partial charge in [-0.1, -0.05) is 24.3 Å². The van der Waals surface area contributed by atoms with E-state index in [1.807, 2.05) is 53.4 Å². The quantitative estimate of drug-likeness (QED) is 0.610. The lowest BCUT2D eigenvalue weighted by atomic mass is 10.1. The Balaban J connectivity index is 1.56. The highest BCUT2D eigenvalue weighted by molar-refractivity contribution is 7.84. The van der Waals surface area contributed by atoms with Crippen LogP contribution in [0, 0.1) is 0 Å². The minimum absolute atomic E-state index is 0.0454. The molecule has 0 saturated carbocycles. The number of nitrogen functional groups attached to an aromatic ring is 1. The van der Waals surface area contributed by atoms with E-state index in [2.05, 4.69) is 4.98 Å². The van der Waals surface area contributed by atoms with Crippen LogP contribution in [0.4, 0.5) is 17.2 Å². The van der Waals surface area contributed by atoms with Crippen LogP contribution in [0.2, 0.25) is 0 Å². The maximum atomic E-state index is 13.4. The molecule has 9 heteroatoms. The van der Waals surface area contributed by atoms with Crippen LogP contribution < -0.4 is 15.5 Å². The number of anilines is 3. The number of morpholine rings is 1. The lowest BCUT2D eigenvalue weighted by molar-refractivity contribution is -0.122. The highest BCUT2D eigenvalue weighted by Crippen LogP contribution is 2.38. The number of carbonyl (C=O) groups is 1. The van der Waals surface area contributed by atoms with E-state index in [9.17, 15) is 9.00 Å². The van der Waals surface area contributed by atoms with Crippen molar-refractivity contribution in [3.8, 4) is 11.4 Å². The highest BCUT2D eigenvalue weighted by Gasteiger charge is 2.41. The molecule has 2 aliphatic heterocycles. The van der Waals surface area contributed by atoms with Gasteiger partial charge in [0.25, 0.3) is 5.91 Å². The molecule has 2 aliphatic rings. The molecule has 2 aromatic carbocycles. The summed E-state index contributed by atoms with van der Waals surface area (Å²) >= 11 is 0. The van der Waals surface area contributed by atoms with E-state index >= 15 is 0 Å². The minimum Gasteiger partial charge on any atom is -0.398 e. The molecular weight excluding hydrogens is 426 g/mol. The van der Waals surface area contributed by atoms with Crippen molar-refractivity contribution >= 4 is 33.9 Å². The number of nitrogens with two attached hydrogens (primary N) is 1.